The lowest BCUT2D eigenvalue weighted by atomic mass is 9.99. The number of nitrogens with one attached hydrogen (secondary N) is 1. The molecule has 2 heterocycles. The van der Waals surface area contributed by atoms with Gasteiger partial charge in [0.05, 0.1) is 12.1 Å². The van der Waals surface area contributed by atoms with Crippen LogP contribution in [-0.2, 0) is 11.2 Å². The molecule has 1 unspecified atom stereocenters. The Morgan fingerprint density at radius 3 is 2.86 bits per heavy atom. The van der Waals surface area contributed by atoms with Gasteiger partial charge in [0.25, 0.3) is 0 Å². The molecular formula is C10H12N2O2. The van der Waals surface area contributed by atoms with E-state index in [9.17, 15) is 4.79 Å². The number of aliphatic carboxylic acids is 1. The van der Waals surface area contributed by atoms with Crippen LogP contribution < -0.4 is 5.32 Å². The normalized spacial score (nSPS) is 20.1. The molecule has 0 saturated carbocycles. The average Bonchev–Trinajstić information content (AvgIpc) is 2.04. The summed E-state index contributed by atoms with van der Waals surface area (Å²) < 4.78 is 0. The Morgan fingerprint density at radius 1 is 1.64 bits per heavy atom. The summed E-state index contributed by atoms with van der Waals surface area (Å²) in [6.07, 6.45) is 2.90. The van der Waals surface area contributed by atoms with Crippen molar-refractivity contribution >= 4 is 5.97 Å². The molecule has 14 heavy (non-hydrogen) atoms. The van der Waals surface area contributed by atoms with Gasteiger partial charge in [-0.15, -0.1) is 0 Å². The van der Waals surface area contributed by atoms with Crippen molar-refractivity contribution in [3.63, 3.8) is 0 Å². The fourth-order valence-electron chi connectivity index (χ4n) is 1.47. The van der Waals surface area contributed by atoms with Gasteiger partial charge in [-0.1, -0.05) is 6.07 Å². The lowest BCUT2D eigenvalue weighted by molar-refractivity contribution is -0.136. The smallest absolute Gasteiger partial charge is 0.309 e. The van der Waals surface area contributed by atoms with E-state index in [2.05, 4.69) is 10.3 Å². The molecule has 0 amide bonds. The number of carboxylic acids is 1. The maximum absolute atomic E-state index is 10.4. The topological polar surface area (TPSA) is 62.2 Å². The standard InChI is InChI=1S/C10H12N2O2/c13-10(14)5-8-2-1-7(6-12-8)9-3-4-11-9/h1-2,6,9,11H,3-5H2,(H,13,14). The fourth-order valence-corrected chi connectivity index (χ4v) is 1.47. The van der Waals surface area contributed by atoms with Crippen molar-refractivity contribution in [2.24, 2.45) is 0 Å². The quantitative estimate of drug-likeness (QED) is 0.741. The second-order valence-electron chi connectivity index (χ2n) is 3.45. The van der Waals surface area contributed by atoms with Crippen LogP contribution >= 0.6 is 0 Å². The number of aromatic nitrogens is 1. The van der Waals surface area contributed by atoms with Gasteiger partial charge in [0, 0.05) is 12.2 Å². The molecule has 1 aliphatic rings. The predicted molar refractivity (Wildman–Crippen MR) is 50.9 cm³/mol. The Labute approximate surface area is 82.0 Å². The van der Waals surface area contributed by atoms with Crippen molar-refractivity contribution in [3.8, 4) is 0 Å². The summed E-state index contributed by atoms with van der Waals surface area (Å²) >= 11 is 0. The van der Waals surface area contributed by atoms with Crippen LogP contribution in [0.1, 0.15) is 23.7 Å². The van der Waals surface area contributed by atoms with Crippen LogP contribution in [0.4, 0.5) is 0 Å². The Hall–Kier alpha value is -1.42. The first-order chi connectivity index (χ1) is 6.75. The summed E-state index contributed by atoms with van der Waals surface area (Å²) in [5.41, 5.74) is 1.76. The number of carbonyl (C=O) groups is 1. The molecule has 4 nitrogen and oxygen atoms in total. The van der Waals surface area contributed by atoms with Crippen LogP contribution in [0.5, 0.6) is 0 Å². The third-order valence-corrected chi connectivity index (χ3v) is 2.41. The van der Waals surface area contributed by atoms with Crippen molar-refractivity contribution in [1.82, 2.24) is 10.3 Å². The van der Waals surface area contributed by atoms with Crippen molar-refractivity contribution < 1.29 is 9.90 Å². The molecular weight excluding hydrogens is 180 g/mol. The molecule has 2 N–H and O–H groups in total. The molecule has 74 valence electrons. The number of hydrogen-bond donors (Lipinski definition) is 2. The van der Waals surface area contributed by atoms with E-state index in [4.69, 9.17) is 5.11 Å². The van der Waals surface area contributed by atoms with Gasteiger partial charge in [-0.05, 0) is 24.6 Å². The van der Waals surface area contributed by atoms with E-state index in [0.717, 1.165) is 18.5 Å². The van der Waals surface area contributed by atoms with Gasteiger partial charge in [-0.3, -0.25) is 9.78 Å². The second-order valence-corrected chi connectivity index (χ2v) is 3.45. The molecule has 1 fully saturated rings. The second kappa shape index (κ2) is 3.75. The van der Waals surface area contributed by atoms with E-state index in [1.807, 2.05) is 6.07 Å². The molecule has 4 heteroatoms. The molecule has 1 aromatic rings. The SMILES string of the molecule is O=C(O)Cc1ccc(C2CCN2)cn1. The highest BCUT2D eigenvalue weighted by Gasteiger charge is 2.18. The maximum atomic E-state index is 10.4. The molecule has 2 rings (SSSR count). The molecule has 1 aromatic heterocycles. The summed E-state index contributed by atoms with van der Waals surface area (Å²) in [4.78, 5) is 14.5. The molecule has 0 aliphatic carbocycles. The average molecular weight is 192 g/mol. The van der Waals surface area contributed by atoms with Gasteiger partial charge < -0.3 is 10.4 Å². The zero-order chi connectivity index (χ0) is 9.97. The Kier molecular flexibility index (Phi) is 2.45. The van der Waals surface area contributed by atoms with E-state index in [1.165, 1.54) is 0 Å². The summed E-state index contributed by atoms with van der Waals surface area (Å²) in [5.74, 6) is -0.841. The van der Waals surface area contributed by atoms with Crippen molar-refractivity contribution in [1.29, 1.82) is 0 Å². The van der Waals surface area contributed by atoms with Crippen LogP contribution in [0, 0.1) is 0 Å². The predicted octanol–water partition coefficient (Wildman–Crippen LogP) is 0.743. The molecule has 1 aliphatic heterocycles. The minimum atomic E-state index is -0.841. The summed E-state index contributed by atoms with van der Waals surface area (Å²) in [7, 11) is 0. The minimum Gasteiger partial charge on any atom is -0.481 e. The van der Waals surface area contributed by atoms with E-state index in [0.29, 0.717) is 11.7 Å². The van der Waals surface area contributed by atoms with Gasteiger partial charge in [-0.25, -0.2) is 0 Å². The summed E-state index contributed by atoms with van der Waals surface area (Å²) in [6, 6.07) is 4.15. The molecule has 1 atom stereocenters. The lowest BCUT2D eigenvalue weighted by Crippen LogP contribution is -2.34. The van der Waals surface area contributed by atoms with E-state index in [1.54, 1.807) is 12.3 Å². The Bertz CT molecular complexity index is 330. The van der Waals surface area contributed by atoms with Gasteiger partial charge in [-0.2, -0.15) is 0 Å². The number of rotatable bonds is 3. The van der Waals surface area contributed by atoms with Gasteiger partial charge in [0.1, 0.15) is 0 Å². The zero-order valence-corrected chi connectivity index (χ0v) is 7.73. The lowest BCUT2D eigenvalue weighted by Gasteiger charge is -2.27. The largest absolute Gasteiger partial charge is 0.481 e. The highest BCUT2D eigenvalue weighted by molar-refractivity contribution is 5.69. The number of carboxylic acid groups (broad SMARTS) is 1. The van der Waals surface area contributed by atoms with E-state index >= 15 is 0 Å². The number of nitrogens with zero attached hydrogens (tertiary/aromatic N) is 1. The fraction of sp³-hybridized carbons (Fsp3) is 0.400. The van der Waals surface area contributed by atoms with E-state index < -0.39 is 5.97 Å². The van der Waals surface area contributed by atoms with Crippen LogP contribution in [0.2, 0.25) is 0 Å². The van der Waals surface area contributed by atoms with E-state index in [-0.39, 0.29) is 6.42 Å². The number of hydrogen-bond acceptors (Lipinski definition) is 3. The first-order valence-electron chi connectivity index (χ1n) is 4.66. The Morgan fingerprint density at radius 2 is 2.43 bits per heavy atom. The summed E-state index contributed by atoms with van der Waals surface area (Å²) in [5, 5.41) is 11.8. The van der Waals surface area contributed by atoms with Crippen LogP contribution in [-0.4, -0.2) is 22.6 Å². The van der Waals surface area contributed by atoms with Crippen LogP contribution in [0.15, 0.2) is 18.3 Å². The Balaban J connectivity index is 2.05. The first-order valence-corrected chi connectivity index (χ1v) is 4.66. The maximum Gasteiger partial charge on any atom is 0.309 e. The number of pyridine rings is 1. The summed E-state index contributed by atoms with van der Waals surface area (Å²) in [6.45, 7) is 1.06. The van der Waals surface area contributed by atoms with Gasteiger partial charge in [0.15, 0.2) is 0 Å². The van der Waals surface area contributed by atoms with Crippen LogP contribution in [0.3, 0.4) is 0 Å². The van der Waals surface area contributed by atoms with Gasteiger partial charge in [0.2, 0.25) is 0 Å². The van der Waals surface area contributed by atoms with Gasteiger partial charge >= 0.3 is 5.97 Å². The minimum absolute atomic E-state index is 0.00161. The monoisotopic (exact) mass is 192 g/mol. The molecule has 0 bridgehead atoms. The molecule has 0 aromatic carbocycles. The van der Waals surface area contributed by atoms with Crippen LogP contribution in [0.25, 0.3) is 0 Å². The first kappa shape index (κ1) is 9.15. The molecule has 0 radical (unpaired) electrons. The highest BCUT2D eigenvalue weighted by atomic mass is 16.4. The highest BCUT2D eigenvalue weighted by Crippen LogP contribution is 2.21. The van der Waals surface area contributed by atoms with Crippen molar-refractivity contribution in [2.45, 2.75) is 18.9 Å². The third-order valence-electron chi connectivity index (χ3n) is 2.41. The van der Waals surface area contributed by atoms with Crippen molar-refractivity contribution in [3.05, 3.63) is 29.6 Å². The molecule has 1 saturated heterocycles. The van der Waals surface area contributed by atoms with Crippen molar-refractivity contribution in [2.75, 3.05) is 6.54 Å². The third kappa shape index (κ3) is 1.90. The molecule has 0 spiro atoms. The zero-order valence-electron chi connectivity index (χ0n) is 7.73.